The maximum Gasteiger partial charge on any atom is 0.207 e. The number of aryl methyl sites for hydroxylation is 1. The van der Waals surface area contributed by atoms with Gasteiger partial charge in [0.1, 0.15) is 0 Å². The maximum absolute atomic E-state index is 13.4. The van der Waals surface area contributed by atoms with Gasteiger partial charge in [0.15, 0.2) is 17.7 Å². The third-order valence-corrected chi connectivity index (χ3v) is 2.67. The van der Waals surface area contributed by atoms with Crippen molar-refractivity contribution < 1.29 is 13.9 Å². The number of fused-ring (bicyclic) bond motifs is 1. The molecule has 1 aliphatic rings. The lowest BCUT2D eigenvalue weighted by molar-refractivity contribution is 0.0842. The molecule has 0 amide bonds. The van der Waals surface area contributed by atoms with Gasteiger partial charge in [-0.2, -0.15) is 0 Å². The van der Waals surface area contributed by atoms with Gasteiger partial charge in [0.25, 0.3) is 0 Å². The summed E-state index contributed by atoms with van der Waals surface area (Å²) in [4.78, 5) is 11.9. The summed E-state index contributed by atoms with van der Waals surface area (Å²) >= 11 is 0. The predicted octanol–water partition coefficient (Wildman–Crippen LogP) is 2.88. The monoisotopic (exact) mass is 208 g/mol. The highest BCUT2D eigenvalue weighted by Gasteiger charge is 2.34. The Labute approximate surface area is 88.1 Å². The van der Waals surface area contributed by atoms with E-state index in [1.807, 2.05) is 6.92 Å². The number of rotatable bonds is 2. The molecule has 2 nitrogen and oxygen atoms in total. The Morgan fingerprint density at radius 1 is 1.47 bits per heavy atom. The van der Waals surface area contributed by atoms with Gasteiger partial charge in [-0.1, -0.05) is 19.4 Å². The predicted molar refractivity (Wildman–Crippen MR) is 54.8 cm³/mol. The molecule has 1 unspecified atom stereocenters. The van der Waals surface area contributed by atoms with Crippen LogP contribution in [0.3, 0.4) is 0 Å². The summed E-state index contributed by atoms with van der Waals surface area (Å²) in [5.74, 6) is -0.384. The van der Waals surface area contributed by atoms with Crippen molar-refractivity contribution in [3.63, 3.8) is 0 Å². The summed E-state index contributed by atoms with van der Waals surface area (Å²) in [6.45, 7) is 3.77. The minimum absolute atomic E-state index is 0.0798. The van der Waals surface area contributed by atoms with Crippen molar-refractivity contribution >= 4 is 5.78 Å². The second-order valence-electron chi connectivity index (χ2n) is 3.83. The first kappa shape index (κ1) is 10.1. The van der Waals surface area contributed by atoms with Crippen LogP contribution in [0.5, 0.6) is 5.75 Å². The first-order chi connectivity index (χ1) is 7.15. The number of hydrogen-bond acceptors (Lipinski definition) is 2. The van der Waals surface area contributed by atoms with E-state index in [1.165, 1.54) is 6.07 Å². The van der Waals surface area contributed by atoms with Gasteiger partial charge in [-0.15, -0.1) is 0 Å². The van der Waals surface area contributed by atoms with Crippen LogP contribution in [0.15, 0.2) is 12.1 Å². The molecule has 3 heteroatoms. The molecule has 1 heterocycles. The summed E-state index contributed by atoms with van der Waals surface area (Å²) in [7, 11) is 0. The minimum Gasteiger partial charge on any atom is -0.478 e. The summed E-state index contributed by atoms with van der Waals surface area (Å²) < 4.78 is 18.7. The molecule has 0 radical (unpaired) electrons. The highest BCUT2D eigenvalue weighted by atomic mass is 19.1. The second-order valence-corrected chi connectivity index (χ2v) is 3.83. The summed E-state index contributed by atoms with van der Waals surface area (Å²) in [5.41, 5.74) is 1.21. The van der Waals surface area contributed by atoms with Crippen LogP contribution in [-0.2, 0) is 0 Å². The van der Waals surface area contributed by atoms with Crippen LogP contribution in [0.25, 0.3) is 0 Å². The molecule has 0 bridgehead atoms. The van der Waals surface area contributed by atoms with Gasteiger partial charge in [0.05, 0.1) is 5.56 Å². The van der Waals surface area contributed by atoms with Gasteiger partial charge in [-0.3, -0.25) is 4.79 Å². The maximum atomic E-state index is 13.4. The molecule has 0 aromatic heterocycles. The Hall–Kier alpha value is -1.38. The number of hydrogen-bond donors (Lipinski definition) is 0. The van der Waals surface area contributed by atoms with E-state index in [-0.39, 0.29) is 11.5 Å². The third kappa shape index (κ3) is 1.52. The van der Waals surface area contributed by atoms with E-state index in [0.717, 1.165) is 12.0 Å². The molecule has 0 spiro atoms. The average molecular weight is 208 g/mol. The van der Waals surface area contributed by atoms with Crippen molar-refractivity contribution in [1.82, 2.24) is 0 Å². The van der Waals surface area contributed by atoms with Crippen molar-refractivity contribution in [2.75, 3.05) is 0 Å². The SMILES string of the molecule is CCCC1Oc2c(F)ccc(C)c2C1=O. The van der Waals surface area contributed by atoms with Crippen LogP contribution in [0, 0.1) is 12.7 Å². The molecule has 0 N–H and O–H groups in total. The smallest absolute Gasteiger partial charge is 0.207 e. The zero-order valence-electron chi connectivity index (χ0n) is 8.84. The van der Waals surface area contributed by atoms with Crippen molar-refractivity contribution in [3.05, 3.63) is 29.1 Å². The fraction of sp³-hybridized carbons (Fsp3) is 0.417. The van der Waals surface area contributed by atoms with E-state index in [1.54, 1.807) is 13.0 Å². The summed E-state index contributed by atoms with van der Waals surface area (Å²) in [5, 5.41) is 0. The lowest BCUT2D eigenvalue weighted by Crippen LogP contribution is -2.20. The Balaban J connectivity index is 2.44. The normalized spacial score (nSPS) is 18.9. The number of halogens is 1. The molecule has 80 valence electrons. The van der Waals surface area contributed by atoms with Crippen LogP contribution in [0.2, 0.25) is 0 Å². The lowest BCUT2D eigenvalue weighted by atomic mass is 10.0. The Bertz CT molecular complexity index is 412. The highest BCUT2D eigenvalue weighted by molar-refractivity contribution is 6.05. The third-order valence-electron chi connectivity index (χ3n) is 2.67. The topological polar surface area (TPSA) is 26.3 Å². The van der Waals surface area contributed by atoms with Crippen LogP contribution in [-0.4, -0.2) is 11.9 Å². The molecule has 0 aliphatic carbocycles. The zero-order valence-corrected chi connectivity index (χ0v) is 8.84. The van der Waals surface area contributed by atoms with E-state index in [0.29, 0.717) is 12.0 Å². The molecule has 0 fully saturated rings. The van der Waals surface area contributed by atoms with Crippen LogP contribution in [0.1, 0.15) is 35.7 Å². The standard InChI is InChI=1S/C12H13FO2/c1-3-4-9-11(14)10-7(2)5-6-8(13)12(10)15-9/h5-6,9H,3-4H2,1-2H3. The minimum atomic E-state index is -0.486. The average Bonchev–Trinajstić information content (AvgIpc) is 2.53. The van der Waals surface area contributed by atoms with E-state index >= 15 is 0 Å². The molecule has 1 aromatic carbocycles. The Morgan fingerprint density at radius 2 is 2.20 bits per heavy atom. The van der Waals surface area contributed by atoms with Crippen molar-refractivity contribution in [2.45, 2.75) is 32.8 Å². The molecule has 1 aromatic rings. The fourth-order valence-corrected chi connectivity index (χ4v) is 1.89. The van der Waals surface area contributed by atoms with Crippen LogP contribution in [0.4, 0.5) is 4.39 Å². The van der Waals surface area contributed by atoms with Gasteiger partial charge in [0.2, 0.25) is 5.78 Å². The Kier molecular flexibility index (Phi) is 2.47. The number of Topliss-reactive ketones (excluding diaryl/α,β-unsaturated/α-hetero) is 1. The zero-order chi connectivity index (χ0) is 11.0. The summed E-state index contributed by atoms with van der Waals surface area (Å²) in [6.07, 6.45) is 1.01. The van der Waals surface area contributed by atoms with Gasteiger partial charge in [-0.25, -0.2) is 4.39 Å². The number of ketones is 1. The van der Waals surface area contributed by atoms with E-state index in [4.69, 9.17) is 4.74 Å². The van der Waals surface area contributed by atoms with E-state index in [2.05, 4.69) is 0 Å². The first-order valence-corrected chi connectivity index (χ1v) is 5.15. The molecule has 15 heavy (non-hydrogen) atoms. The first-order valence-electron chi connectivity index (χ1n) is 5.15. The van der Waals surface area contributed by atoms with E-state index < -0.39 is 11.9 Å². The van der Waals surface area contributed by atoms with Gasteiger partial charge in [0, 0.05) is 0 Å². The van der Waals surface area contributed by atoms with Crippen molar-refractivity contribution in [3.8, 4) is 5.75 Å². The number of carbonyl (C=O) groups is 1. The molecular weight excluding hydrogens is 195 g/mol. The molecule has 1 atom stereocenters. The Morgan fingerprint density at radius 3 is 2.80 bits per heavy atom. The van der Waals surface area contributed by atoms with E-state index in [9.17, 15) is 9.18 Å². The van der Waals surface area contributed by atoms with Gasteiger partial charge < -0.3 is 4.74 Å². The van der Waals surface area contributed by atoms with Crippen molar-refractivity contribution in [1.29, 1.82) is 0 Å². The molecule has 0 saturated carbocycles. The van der Waals surface area contributed by atoms with Crippen molar-refractivity contribution in [2.24, 2.45) is 0 Å². The number of ether oxygens (including phenoxy) is 1. The van der Waals surface area contributed by atoms with Gasteiger partial charge >= 0.3 is 0 Å². The number of carbonyl (C=O) groups excluding carboxylic acids is 1. The molecule has 0 saturated heterocycles. The van der Waals surface area contributed by atoms with Crippen LogP contribution < -0.4 is 4.74 Å². The molecule has 1 aliphatic heterocycles. The summed E-state index contributed by atoms with van der Waals surface area (Å²) in [6, 6.07) is 2.96. The quantitative estimate of drug-likeness (QED) is 0.747. The van der Waals surface area contributed by atoms with Gasteiger partial charge in [-0.05, 0) is 25.0 Å². The highest BCUT2D eigenvalue weighted by Crippen LogP contribution is 2.35. The second kappa shape index (κ2) is 3.65. The van der Waals surface area contributed by atoms with Crippen LogP contribution >= 0.6 is 0 Å². The largest absolute Gasteiger partial charge is 0.478 e. The fourth-order valence-electron chi connectivity index (χ4n) is 1.89. The molecule has 2 rings (SSSR count). The lowest BCUT2D eigenvalue weighted by Gasteiger charge is -2.06. The molecular formula is C12H13FO2. The number of benzene rings is 1.